The lowest BCUT2D eigenvalue weighted by Crippen LogP contribution is -2.25. The number of hydrazone groups is 1. The summed E-state index contributed by atoms with van der Waals surface area (Å²) < 4.78 is 11.9. The van der Waals surface area contributed by atoms with Gasteiger partial charge >= 0.3 is 5.97 Å². The molecule has 0 saturated heterocycles. The molecule has 3 aromatic carbocycles. The van der Waals surface area contributed by atoms with E-state index >= 15 is 0 Å². The van der Waals surface area contributed by atoms with Crippen LogP contribution in [-0.4, -0.2) is 24.7 Å². The van der Waals surface area contributed by atoms with Crippen molar-refractivity contribution in [3.05, 3.63) is 94.0 Å². The molecular formula is C30H33BrN2O4. The Labute approximate surface area is 227 Å². The number of carbonyl (C=O) groups is 2. The Bertz CT molecular complexity index is 1230. The lowest BCUT2D eigenvalue weighted by atomic mass is 9.72. The number of esters is 1. The number of carbonyl (C=O) groups excluding carboxylic acids is 2. The molecular weight excluding hydrogens is 532 g/mol. The van der Waals surface area contributed by atoms with E-state index in [0.717, 1.165) is 16.5 Å². The third-order valence-corrected chi connectivity index (χ3v) is 6.08. The topological polar surface area (TPSA) is 77.0 Å². The standard InChI is InChI=1S/C30H33BrN2O4/c1-29(2,3)20-30(4,5)23-10-16-25(17-11-23)36-19-27(34)33-32-18-21-6-14-26(15-7-21)37-28(35)22-8-12-24(31)13-9-22/h6-18H,19-20H2,1-5H3,(H,33,34). The number of amides is 1. The monoisotopic (exact) mass is 564 g/mol. The van der Waals surface area contributed by atoms with Gasteiger partial charge in [0.05, 0.1) is 11.8 Å². The summed E-state index contributed by atoms with van der Waals surface area (Å²) in [6.45, 7) is 11.1. The highest BCUT2D eigenvalue weighted by Gasteiger charge is 2.27. The fourth-order valence-corrected chi connectivity index (χ4v) is 4.43. The van der Waals surface area contributed by atoms with Crippen LogP contribution in [0.3, 0.4) is 0 Å². The number of rotatable bonds is 9. The number of nitrogens with one attached hydrogen (secondary N) is 1. The van der Waals surface area contributed by atoms with E-state index in [1.807, 2.05) is 12.1 Å². The first-order chi connectivity index (χ1) is 17.4. The summed E-state index contributed by atoms with van der Waals surface area (Å²) in [7, 11) is 0. The van der Waals surface area contributed by atoms with E-state index in [1.54, 1.807) is 48.5 Å². The normalized spacial score (nSPS) is 11.8. The van der Waals surface area contributed by atoms with Gasteiger partial charge in [-0.2, -0.15) is 5.10 Å². The molecule has 3 rings (SSSR count). The molecule has 6 nitrogen and oxygen atoms in total. The SMILES string of the molecule is CC(C)(C)CC(C)(C)c1ccc(OCC(=O)NN=Cc2ccc(OC(=O)c3ccc(Br)cc3)cc2)cc1. The Morgan fingerprint density at radius 3 is 2.05 bits per heavy atom. The Balaban J connectivity index is 1.44. The summed E-state index contributed by atoms with van der Waals surface area (Å²) in [5, 5.41) is 3.96. The molecule has 194 valence electrons. The lowest BCUT2D eigenvalue weighted by molar-refractivity contribution is -0.123. The van der Waals surface area contributed by atoms with Gasteiger partial charge in [0.25, 0.3) is 5.91 Å². The fourth-order valence-electron chi connectivity index (χ4n) is 4.16. The molecule has 0 heterocycles. The van der Waals surface area contributed by atoms with Gasteiger partial charge in [0, 0.05) is 4.47 Å². The second-order valence-electron chi connectivity index (χ2n) is 10.7. The van der Waals surface area contributed by atoms with Crippen molar-refractivity contribution < 1.29 is 19.1 Å². The molecule has 37 heavy (non-hydrogen) atoms. The summed E-state index contributed by atoms with van der Waals surface area (Å²) in [5.74, 6) is 0.232. The van der Waals surface area contributed by atoms with Gasteiger partial charge in [0.15, 0.2) is 6.61 Å². The van der Waals surface area contributed by atoms with Crippen LogP contribution in [-0.2, 0) is 10.2 Å². The zero-order chi connectivity index (χ0) is 27.1. The smallest absolute Gasteiger partial charge is 0.343 e. The van der Waals surface area contributed by atoms with E-state index in [4.69, 9.17) is 9.47 Å². The van der Waals surface area contributed by atoms with Gasteiger partial charge in [0.1, 0.15) is 11.5 Å². The molecule has 7 heteroatoms. The van der Waals surface area contributed by atoms with Crippen LogP contribution in [0, 0.1) is 5.41 Å². The molecule has 0 bridgehead atoms. The first-order valence-electron chi connectivity index (χ1n) is 12.0. The number of nitrogens with zero attached hydrogens (tertiary/aromatic N) is 1. The second-order valence-corrected chi connectivity index (χ2v) is 11.6. The van der Waals surface area contributed by atoms with E-state index in [0.29, 0.717) is 17.1 Å². The molecule has 0 fully saturated rings. The molecule has 0 atom stereocenters. The molecule has 0 radical (unpaired) electrons. The van der Waals surface area contributed by atoms with Crippen LogP contribution in [0.15, 0.2) is 82.4 Å². The largest absolute Gasteiger partial charge is 0.484 e. The van der Waals surface area contributed by atoms with E-state index in [-0.39, 0.29) is 23.3 Å². The maximum atomic E-state index is 12.2. The van der Waals surface area contributed by atoms with Crippen LogP contribution in [0.4, 0.5) is 0 Å². The minimum absolute atomic E-state index is 0.0439. The van der Waals surface area contributed by atoms with Crippen molar-refractivity contribution >= 4 is 34.0 Å². The van der Waals surface area contributed by atoms with Crippen LogP contribution < -0.4 is 14.9 Å². The molecule has 0 unspecified atom stereocenters. The minimum atomic E-state index is -0.440. The van der Waals surface area contributed by atoms with Gasteiger partial charge < -0.3 is 9.47 Å². The third kappa shape index (κ3) is 9.17. The van der Waals surface area contributed by atoms with Crippen molar-refractivity contribution in [1.29, 1.82) is 0 Å². The van der Waals surface area contributed by atoms with E-state index in [1.165, 1.54) is 11.8 Å². The van der Waals surface area contributed by atoms with Gasteiger partial charge in [-0.1, -0.05) is 62.7 Å². The average molecular weight is 566 g/mol. The molecule has 0 aliphatic rings. The van der Waals surface area contributed by atoms with Crippen LogP contribution in [0.1, 0.15) is 62.5 Å². The summed E-state index contributed by atoms with van der Waals surface area (Å²) in [6, 6.07) is 21.6. The van der Waals surface area contributed by atoms with Crippen molar-refractivity contribution in [2.75, 3.05) is 6.61 Å². The molecule has 0 aliphatic heterocycles. The number of hydrogen-bond acceptors (Lipinski definition) is 5. The lowest BCUT2D eigenvalue weighted by Gasteiger charge is -2.33. The van der Waals surface area contributed by atoms with Crippen molar-refractivity contribution in [3.63, 3.8) is 0 Å². The Kier molecular flexibility index (Phi) is 9.27. The number of hydrogen-bond donors (Lipinski definition) is 1. The van der Waals surface area contributed by atoms with E-state index in [9.17, 15) is 9.59 Å². The minimum Gasteiger partial charge on any atom is -0.484 e. The van der Waals surface area contributed by atoms with Crippen molar-refractivity contribution in [2.45, 2.75) is 46.5 Å². The molecule has 0 aromatic heterocycles. The van der Waals surface area contributed by atoms with E-state index < -0.39 is 5.97 Å². The quantitative estimate of drug-likeness (QED) is 0.132. The Morgan fingerprint density at radius 1 is 0.865 bits per heavy atom. The van der Waals surface area contributed by atoms with Gasteiger partial charge in [0.2, 0.25) is 0 Å². The molecule has 0 spiro atoms. The van der Waals surface area contributed by atoms with Crippen LogP contribution in [0.25, 0.3) is 0 Å². The highest BCUT2D eigenvalue weighted by molar-refractivity contribution is 9.10. The fraction of sp³-hybridized carbons (Fsp3) is 0.300. The van der Waals surface area contributed by atoms with Crippen LogP contribution in [0.2, 0.25) is 0 Å². The first kappa shape index (κ1) is 28.1. The average Bonchev–Trinajstić information content (AvgIpc) is 2.83. The molecule has 3 aromatic rings. The summed E-state index contributed by atoms with van der Waals surface area (Å²) in [4.78, 5) is 24.3. The first-order valence-corrected chi connectivity index (χ1v) is 12.8. The molecule has 0 saturated carbocycles. The summed E-state index contributed by atoms with van der Waals surface area (Å²) >= 11 is 3.34. The molecule has 1 N–H and O–H groups in total. The predicted molar refractivity (Wildman–Crippen MR) is 150 cm³/mol. The maximum Gasteiger partial charge on any atom is 0.343 e. The van der Waals surface area contributed by atoms with E-state index in [2.05, 4.69) is 73.2 Å². The zero-order valence-corrected chi connectivity index (χ0v) is 23.5. The van der Waals surface area contributed by atoms with Gasteiger partial charge in [-0.25, -0.2) is 10.2 Å². The van der Waals surface area contributed by atoms with Crippen molar-refractivity contribution in [2.24, 2.45) is 10.5 Å². The predicted octanol–water partition coefficient (Wildman–Crippen LogP) is 6.91. The summed E-state index contributed by atoms with van der Waals surface area (Å²) in [5.41, 5.74) is 5.15. The zero-order valence-electron chi connectivity index (χ0n) is 21.9. The number of halogens is 1. The molecule has 1 amide bonds. The molecule has 0 aliphatic carbocycles. The van der Waals surface area contributed by atoms with Crippen molar-refractivity contribution in [1.82, 2.24) is 5.43 Å². The Hall–Kier alpha value is -3.45. The Morgan fingerprint density at radius 2 is 1.46 bits per heavy atom. The van der Waals surface area contributed by atoms with Gasteiger partial charge in [-0.05, 0) is 89.0 Å². The van der Waals surface area contributed by atoms with Gasteiger partial charge in [-0.3, -0.25) is 4.79 Å². The number of ether oxygens (including phenoxy) is 2. The third-order valence-electron chi connectivity index (χ3n) is 5.55. The van der Waals surface area contributed by atoms with Gasteiger partial charge in [-0.15, -0.1) is 0 Å². The highest BCUT2D eigenvalue weighted by Crippen LogP contribution is 2.36. The van der Waals surface area contributed by atoms with Crippen LogP contribution in [0.5, 0.6) is 11.5 Å². The van der Waals surface area contributed by atoms with Crippen LogP contribution >= 0.6 is 15.9 Å². The summed E-state index contributed by atoms with van der Waals surface area (Å²) in [6.07, 6.45) is 2.56. The second kappa shape index (κ2) is 12.2. The van der Waals surface area contributed by atoms with Crippen molar-refractivity contribution in [3.8, 4) is 11.5 Å². The number of benzene rings is 3. The highest BCUT2D eigenvalue weighted by atomic mass is 79.9. The maximum absolute atomic E-state index is 12.2.